The Morgan fingerprint density at radius 3 is 2.88 bits per heavy atom. The van der Waals surface area contributed by atoms with E-state index in [1.54, 1.807) is 0 Å². The molecule has 2 aromatic rings. The summed E-state index contributed by atoms with van der Waals surface area (Å²) in [5, 5.41) is 5.71. The van der Waals surface area contributed by atoms with E-state index in [2.05, 4.69) is 17.3 Å². The highest BCUT2D eigenvalue weighted by Crippen LogP contribution is 2.27. The first-order valence-electron chi connectivity index (χ1n) is 8.47. The Labute approximate surface area is 157 Å². The van der Waals surface area contributed by atoms with Crippen LogP contribution in [0.15, 0.2) is 29.6 Å². The molecule has 1 fully saturated rings. The van der Waals surface area contributed by atoms with E-state index >= 15 is 0 Å². The van der Waals surface area contributed by atoms with Crippen LogP contribution in [0.4, 0.5) is 0 Å². The van der Waals surface area contributed by atoms with E-state index in [1.807, 2.05) is 36.6 Å². The molecule has 0 aliphatic carbocycles. The number of halogens is 1. The molecule has 25 heavy (non-hydrogen) atoms. The van der Waals surface area contributed by atoms with Gasteiger partial charge >= 0.3 is 0 Å². The highest BCUT2D eigenvalue weighted by molar-refractivity contribution is 7.12. The first-order valence-corrected chi connectivity index (χ1v) is 9.73. The molecule has 0 bridgehead atoms. The van der Waals surface area contributed by atoms with Crippen molar-refractivity contribution in [1.82, 2.24) is 10.2 Å². The number of hydrogen-bond donors (Lipinski definition) is 1. The number of nitrogens with one attached hydrogen (secondary N) is 1. The summed E-state index contributed by atoms with van der Waals surface area (Å²) in [4.78, 5) is 15.4. The fourth-order valence-corrected chi connectivity index (χ4v) is 3.83. The van der Waals surface area contributed by atoms with Crippen molar-refractivity contribution >= 4 is 28.8 Å². The van der Waals surface area contributed by atoms with Gasteiger partial charge in [-0.1, -0.05) is 17.7 Å². The van der Waals surface area contributed by atoms with Gasteiger partial charge in [0, 0.05) is 11.6 Å². The maximum atomic E-state index is 12.4. The maximum absolute atomic E-state index is 12.4. The van der Waals surface area contributed by atoms with E-state index in [1.165, 1.54) is 11.3 Å². The molecule has 3 rings (SSSR count). The maximum Gasteiger partial charge on any atom is 0.261 e. The normalized spacial score (nSPS) is 16.0. The number of aryl methyl sites for hydroxylation is 1. The van der Waals surface area contributed by atoms with Crippen molar-refractivity contribution in [3.8, 4) is 5.75 Å². The van der Waals surface area contributed by atoms with Gasteiger partial charge in [0.25, 0.3) is 5.91 Å². The molecule has 0 unspecified atom stereocenters. The van der Waals surface area contributed by atoms with Crippen LogP contribution < -0.4 is 10.1 Å². The van der Waals surface area contributed by atoms with Crippen molar-refractivity contribution < 1.29 is 9.53 Å². The second-order valence-corrected chi connectivity index (χ2v) is 7.91. The van der Waals surface area contributed by atoms with Crippen LogP contribution in [-0.4, -0.2) is 37.0 Å². The number of likely N-dealkylation sites (tertiary alicyclic amines) is 1. The van der Waals surface area contributed by atoms with E-state index in [0.717, 1.165) is 41.9 Å². The van der Waals surface area contributed by atoms with Gasteiger partial charge < -0.3 is 15.0 Å². The second kappa shape index (κ2) is 8.21. The minimum absolute atomic E-state index is 0.0133. The molecule has 4 nitrogen and oxygen atoms in total. The third kappa shape index (κ3) is 4.97. The van der Waals surface area contributed by atoms with E-state index in [9.17, 15) is 4.79 Å². The van der Waals surface area contributed by atoms with Gasteiger partial charge in [-0.05, 0) is 69.0 Å². The van der Waals surface area contributed by atoms with Gasteiger partial charge in [0.15, 0.2) is 0 Å². The molecule has 0 radical (unpaired) electrons. The average molecular weight is 379 g/mol. The largest absolute Gasteiger partial charge is 0.487 e. The predicted octanol–water partition coefficient (Wildman–Crippen LogP) is 4.11. The van der Waals surface area contributed by atoms with Crippen molar-refractivity contribution in [3.63, 3.8) is 0 Å². The number of ether oxygens (including phenoxy) is 1. The van der Waals surface area contributed by atoms with Gasteiger partial charge in [-0.25, -0.2) is 0 Å². The Morgan fingerprint density at radius 1 is 1.36 bits per heavy atom. The number of benzene rings is 1. The monoisotopic (exact) mass is 378 g/mol. The number of carbonyl (C=O) groups excluding carboxylic acids is 1. The van der Waals surface area contributed by atoms with Crippen LogP contribution in [0.3, 0.4) is 0 Å². The summed E-state index contributed by atoms with van der Waals surface area (Å²) in [5.41, 5.74) is 2.08. The fraction of sp³-hybridized carbons (Fsp3) is 0.421. The Morgan fingerprint density at radius 2 is 2.12 bits per heavy atom. The number of thiophene rings is 1. The Balaban J connectivity index is 1.55. The molecule has 1 aromatic heterocycles. The lowest BCUT2D eigenvalue weighted by molar-refractivity contribution is 0.0921. The van der Waals surface area contributed by atoms with Gasteiger partial charge in [0.05, 0.1) is 9.90 Å². The Kier molecular flexibility index (Phi) is 5.99. The zero-order valence-corrected chi connectivity index (χ0v) is 16.1. The first-order chi connectivity index (χ1) is 12.0. The van der Waals surface area contributed by atoms with Crippen LogP contribution >= 0.6 is 22.9 Å². The van der Waals surface area contributed by atoms with Crippen LogP contribution in [0, 0.1) is 6.92 Å². The minimum Gasteiger partial charge on any atom is -0.487 e. The van der Waals surface area contributed by atoms with Crippen LogP contribution in [0.2, 0.25) is 5.02 Å². The Hall–Kier alpha value is -1.56. The second-order valence-electron chi connectivity index (χ2n) is 6.59. The average Bonchev–Trinajstić information content (AvgIpc) is 3.07. The van der Waals surface area contributed by atoms with Crippen molar-refractivity contribution in [2.24, 2.45) is 0 Å². The molecule has 1 aliphatic rings. The molecule has 6 heteroatoms. The SMILES string of the molecule is Cc1ccc(Cl)c(OCc2csc(C(=O)NC3CCN(C)CC3)c2)c1. The zero-order valence-electron chi connectivity index (χ0n) is 14.5. The van der Waals surface area contributed by atoms with Crippen molar-refractivity contribution in [3.05, 3.63) is 50.7 Å². The molecule has 134 valence electrons. The molecule has 0 atom stereocenters. The summed E-state index contributed by atoms with van der Waals surface area (Å²) in [5.74, 6) is 0.685. The number of carbonyl (C=O) groups is 1. The van der Waals surface area contributed by atoms with Crippen molar-refractivity contribution in [2.45, 2.75) is 32.4 Å². The lowest BCUT2D eigenvalue weighted by atomic mass is 10.1. The summed E-state index contributed by atoms with van der Waals surface area (Å²) in [6, 6.07) is 7.88. The van der Waals surface area contributed by atoms with Crippen molar-refractivity contribution in [1.29, 1.82) is 0 Å². The highest BCUT2D eigenvalue weighted by Gasteiger charge is 2.20. The number of hydrogen-bond acceptors (Lipinski definition) is 4. The smallest absolute Gasteiger partial charge is 0.261 e. The van der Waals surface area contributed by atoms with E-state index in [0.29, 0.717) is 17.4 Å². The molecule has 1 aliphatic heterocycles. The lowest BCUT2D eigenvalue weighted by Crippen LogP contribution is -2.43. The van der Waals surface area contributed by atoms with E-state index < -0.39 is 0 Å². The number of piperidine rings is 1. The van der Waals surface area contributed by atoms with Crippen LogP contribution in [0.1, 0.15) is 33.6 Å². The summed E-state index contributed by atoms with van der Waals surface area (Å²) in [6.45, 7) is 4.47. The summed E-state index contributed by atoms with van der Waals surface area (Å²) < 4.78 is 5.80. The highest BCUT2D eigenvalue weighted by atomic mass is 35.5. The number of amides is 1. The van der Waals surface area contributed by atoms with Gasteiger partial charge in [-0.15, -0.1) is 11.3 Å². The summed E-state index contributed by atoms with van der Waals surface area (Å²) in [6.07, 6.45) is 2.02. The van der Waals surface area contributed by atoms with Gasteiger partial charge in [0.1, 0.15) is 12.4 Å². The zero-order chi connectivity index (χ0) is 17.8. The third-order valence-corrected chi connectivity index (χ3v) is 5.70. The van der Waals surface area contributed by atoms with Gasteiger partial charge in [-0.3, -0.25) is 4.79 Å². The fourth-order valence-electron chi connectivity index (χ4n) is 2.86. The van der Waals surface area contributed by atoms with Crippen LogP contribution in [0.5, 0.6) is 5.75 Å². The molecular weight excluding hydrogens is 356 g/mol. The van der Waals surface area contributed by atoms with Crippen LogP contribution in [0.25, 0.3) is 0 Å². The topological polar surface area (TPSA) is 41.6 Å². The van der Waals surface area contributed by atoms with Crippen molar-refractivity contribution in [2.75, 3.05) is 20.1 Å². The predicted molar refractivity (Wildman–Crippen MR) is 103 cm³/mol. The minimum atomic E-state index is 0.0133. The first kappa shape index (κ1) is 18.2. The summed E-state index contributed by atoms with van der Waals surface area (Å²) in [7, 11) is 2.12. The van der Waals surface area contributed by atoms with E-state index in [-0.39, 0.29) is 11.9 Å². The molecule has 0 saturated carbocycles. The van der Waals surface area contributed by atoms with Gasteiger partial charge in [0.2, 0.25) is 0 Å². The standard InChI is InChI=1S/C19H23ClN2O2S/c1-13-3-4-16(20)17(9-13)24-11-14-10-18(25-12-14)19(23)21-15-5-7-22(2)8-6-15/h3-4,9-10,12,15H,5-8,11H2,1-2H3,(H,21,23). The third-order valence-electron chi connectivity index (χ3n) is 4.41. The molecule has 0 spiro atoms. The number of nitrogens with zero attached hydrogens (tertiary/aromatic N) is 1. The molecular formula is C19H23ClN2O2S. The van der Waals surface area contributed by atoms with Crippen LogP contribution in [-0.2, 0) is 6.61 Å². The quantitative estimate of drug-likeness (QED) is 0.851. The van der Waals surface area contributed by atoms with E-state index in [4.69, 9.17) is 16.3 Å². The molecule has 2 heterocycles. The molecule has 1 aromatic carbocycles. The molecule has 1 amide bonds. The molecule has 1 N–H and O–H groups in total. The summed E-state index contributed by atoms with van der Waals surface area (Å²) >= 11 is 7.60. The lowest BCUT2D eigenvalue weighted by Gasteiger charge is -2.29. The molecule has 1 saturated heterocycles. The number of rotatable bonds is 5. The Bertz CT molecular complexity index is 739. The van der Waals surface area contributed by atoms with Gasteiger partial charge in [-0.2, -0.15) is 0 Å².